The van der Waals surface area contributed by atoms with Crippen LogP contribution in [0.1, 0.15) is 24.0 Å². The smallest absolute Gasteiger partial charge is 0.242 e. The molecule has 0 bridgehead atoms. The molecule has 0 heterocycles. The molecule has 13 nitrogen and oxygen atoms in total. The molecule has 270 valence electrons. The molecule has 0 fully saturated rings. The van der Waals surface area contributed by atoms with Crippen LogP contribution >= 0.6 is 0 Å². The van der Waals surface area contributed by atoms with Gasteiger partial charge in [0.1, 0.15) is 45.3 Å². The van der Waals surface area contributed by atoms with Gasteiger partial charge in [0.2, 0.25) is 23.6 Å². The molecule has 0 spiro atoms. The highest BCUT2D eigenvalue weighted by Crippen LogP contribution is 2.60. The van der Waals surface area contributed by atoms with Crippen LogP contribution in [0.2, 0.25) is 15.6 Å². The number of hydrogen-bond donors (Lipinski definition) is 9. The first-order valence-corrected chi connectivity index (χ1v) is 17.8. The zero-order valence-corrected chi connectivity index (χ0v) is 32.5. The van der Waals surface area contributed by atoms with E-state index in [1.54, 1.807) is 7.85 Å². The maximum Gasteiger partial charge on any atom is 0.242 e. The number of carbonyl (C=O) groups is 4. The SMILES string of the molecule is BC(B)(N)C(B)(B)C(B)(B)C(B)(B)C(NC(=O)[C@](B)(Cc1ccccc1)NC(=O)[C@@H](CCCNC(=N)N)NC(=O)[C@@H](N)Cc1ccccc1)C(N)=O. The van der Waals surface area contributed by atoms with E-state index in [2.05, 4.69) is 21.3 Å². The van der Waals surface area contributed by atoms with E-state index in [0.29, 0.717) is 6.42 Å². The fourth-order valence-corrected chi connectivity index (χ4v) is 6.45. The molecule has 2 aromatic carbocycles. The summed E-state index contributed by atoms with van der Waals surface area (Å²) in [6, 6.07) is 15.2. The van der Waals surface area contributed by atoms with E-state index in [-0.39, 0.29) is 31.8 Å². The Morgan fingerprint density at radius 3 is 1.75 bits per heavy atom. The minimum atomic E-state index is -1.61. The molecule has 4 amide bonds. The quantitative estimate of drug-likeness (QED) is 0.0294. The molecule has 4 atom stereocenters. The van der Waals surface area contributed by atoms with Crippen LogP contribution in [0.3, 0.4) is 0 Å². The lowest BCUT2D eigenvalue weighted by Gasteiger charge is -2.61. The van der Waals surface area contributed by atoms with Gasteiger partial charge in [-0.05, 0) is 36.8 Å². The summed E-state index contributed by atoms with van der Waals surface area (Å²) in [7, 11) is 17.3. The molecule has 0 aliphatic rings. The lowest BCUT2D eigenvalue weighted by molar-refractivity contribution is -0.135. The third kappa shape index (κ3) is 11.1. The average molecular weight is 702 g/mol. The van der Waals surface area contributed by atoms with Crippen LogP contribution in [0.25, 0.3) is 0 Å². The molecule has 2 aromatic rings. The van der Waals surface area contributed by atoms with Crippen molar-refractivity contribution in [2.45, 2.75) is 70.2 Å². The third-order valence-electron chi connectivity index (χ3n) is 11.6. The third-order valence-corrected chi connectivity index (χ3v) is 11.6. The monoisotopic (exact) mass is 704 g/mol. The van der Waals surface area contributed by atoms with E-state index >= 15 is 0 Å². The van der Waals surface area contributed by atoms with Crippen molar-refractivity contribution in [1.82, 2.24) is 21.3 Å². The summed E-state index contributed by atoms with van der Waals surface area (Å²) >= 11 is 0. The van der Waals surface area contributed by atoms with Crippen LogP contribution in [0.15, 0.2) is 60.7 Å². The molecule has 0 aromatic heterocycles. The van der Waals surface area contributed by atoms with E-state index in [0.717, 1.165) is 11.1 Å². The molecule has 1 unspecified atom stereocenters. The molecule has 22 heteroatoms. The number of guanidine groups is 1. The maximum absolute atomic E-state index is 14.5. The summed E-state index contributed by atoms with van der Waals surface area (Å²) in [5.41, 5.74) is 24.4. The van der Waals surface area contributed by atoms with E-state index in [4.69, 9.17) is 28.3 Å². The first-order chi connectivity index (χ1) is 23.9. The Labute approximate surface area is 316 Å². The maximum atomic E-state index is 14.5. The van der Waals surface area contributed by atoms with Crippen molar-refractivity contribution in [2.24, 2.45) is 22.9 Å². The van der Waals surface area contributed by atoms with Crippen molar-refractivity contribution in [3.05, 3.63) is 71.8 Å². The van der Waals surface area contributed by atoms with Gasteiger partial charge in [-0.15, -0.1) is 0 Å². The molecule has 52 heavy (non-hydrogen) atoms. The van der Waals surface area contributed by atoms with Gasteiger partial charge in [0.15, 0.2) is 5.96 Å². The van der Waals surface area contributed by atoms with Crippen molar-refractivity contribution in [1.29, 1.82) is 5.41 Å². The minimum Gasteiger partial charge on any atom is -0.370 e. The Morgan fingerprint density at radius 1 is 0.750 bits per heavy atom. The van der Waals surface area contributed by atoms with Gasteiger partial charge in [0, 0.05) is 6.54 Å². The standard InChI is InChI=1S/C30H54B9N9O4/c31-26(15-17-10-5-2-6-11-17,24(52)47-20(21(41)49)27(32,33)28(34,35)29(36,37)30(38,39)44)48-23(51)19(12-7-13-45-25(42)43)46-22(50)18(40)14-16-8-3-1-4-9-16/h1-6,8-11,18-20H,7,12-15,31-40,44H2,(H2,41,49)(H,46,50)(H,47,52)(H,48,51)(H4,42,43,45)/t18-,19+,20?,26-/m0/s1. The Balaban J connectivity index is 2.50. The fourth-order valence-electron chi connectivity index (χ4n) is 6.45. The number of primary amides is 1. The second-order valence-electron chi connectivity index (χ2n) is 16.3. The van der Waals surface area contributed by atoms with E-state index < -0.39 is 68.2 Å². The summed E-state index contributed by atoms with van der Waals surface area (Å²) in [4.78, 5) is 55.3. The van der Waals surface area contributed by atoms with Crippen LogP contribution in [0.4, 0.5) is 0 Å². The van der Waals surface area contributed by atoms with Crippen LogP contribution in [0, 0.1) is 5.41 Å². The number of rotatable bonds is 19. The summed E-state index contributed by atoms with van der Waals surface area (Å²) in [5.74, 6) is -2.76. The first-order valence-electron chi connectivity index (χ1n) is 17.8. The van der Waals surface area contributed by atoms with Crippen molar-refractivity contribution < 1.29 is 19.2 Å². The Hall–Kier alpha value is -3.91. The van der Waals surface area contributed by atoms with Crippen molar-refractivity contribution in [3.8, 4) is 0 Å². The Morgan fingerprint density at radius 2 is 1.27 bits per heavy atom. The topological polar surface area (TPSA) is 244 Å². The normalized spacial score (nSPS) is 15.1. The fraction of sp³-hybridized carbons (Fsp3) is 0.433. The van der Waals surface area contributed by atoms with Crippen LogP contribution < -0.4 is 44.2 Å². The van der Waals surface area contributed by atoms with Crippen molar-refractivity contribution >= 4 is 100 Å². The number of hydrogen-bond acceptors (Lipinski definition) is 7. The first kappa shape index (κ1) is 44.3. The molecule has 2 rings (SSSR count). The summed E-state index contributed by atoms with van der Waals surface area (Å²) < 4.78 is 0. The van der Waals surface area contributed by atoms with Gasteiger partial charge in [-0.25, -0.2) is 0 Å². The van der Waals surface area contributed by atoms with Gasteiger partial charge in [0.05, 0.1) is 48.9 Å². The zero-order valence-electron chi connectivity index (χ0n) is 32.5. The largest absolute Gasteiger partial charge is 0.370 e. The molecular formula is C30H54B9N9O4. The lowest BCUT2D eigenvalue weighted by atomic mass is 9.11. The predicted molar refractivity (Wildman–Crippen MR) is 233 cm³/mol. The predicted octanol–water partition coefficient (Wildman–Crippen LogP) is -10.0. The van der Waals surface area contributed by atoms with E-state index in [1.165, 1.54) is 0 Å². The van der Waals surface area contributed by atoms with Gasteiger partial charge < -0.3 is 44.2 Å². The lowest BCUT2D eigenvalue weighted by Crippen LogP contribution is -2.69. The second kappa shape index (κ2) is 17.7. The molecule has 0 saturated heterocycles. The number of nitrogens with two attached hydrogens (primary N) is 4. The molecule has 0 saturated carbocycles. The molecular weight excluding hydrogens is 648 g/mol. The Bertz CT molecular complexity index is 1570. The minimum absolute atomic E-state index is 0.0577. The van der Waals surface area contributed by atoms with Gasteiger partial charge in [-0.1, -0.05) is 81.6 Å². The number of carbonyl (C=O) groups excluding carboxylic acids is 4. The average Bonchev–Trinajstić information content (AvgIpc) is 3.04. The van der Waals surface area contributed by atoms with Crippen LogP contribution in [-0.2, 0) is 32.0 Å². The molecule has 13 N–H and O–H groups in total. The highest BCUT2D eigenvalue weighted by atomic mass is 16.2. The van der Waals surface area contributed by atoms with Gasteiger partial charge in [-0.3, -0.25) is 24.6 Å². The zero-order chi connectivity index (χ0) is 39.7. The van der Waals surface area contributed by atoms with E-state index in [1.807, 2.05) is 123 Å². The molecule has 0 aliphatic heterocycles. The second-order valence-corrected chi connectivity index (χ2v) is 16.3. The number of amides is 4. The van der Waals surface area contributed by atoms with Crippen molar-refractivity contribution in [2.75, 3.05) is 6.54 Å². The van der Waals surface area contributed by atoms with Gasteiger partial charge in [0.25, 0.3) is 0 Å². The van der Waals surface area contributed by atoms with Gasteiger partial charge >= 0.3 is 0 Å². The highest BCUT2D eigenvalue weighted by molar-refractivity contribution is 6.66. The van der Waals surface area contributed by atoms with Crippen LogP contribution in [0.5, 0.6) is 0 Å². The highest BCUT2D eigenvalue weighted by Gasteiger charge is 2.56. The molecule has 0 radical (unpaired) electrons. The van der Waals surface area contributed by atoms with Crippen LogP contribution in [-0.4, -0.2) is 136 Å². The summed E-state index contributed by atoms with van der Waals surface area (Å²) in [5, 5.41) is 16.0. The Kier molecular flexibility index (Phi) is 15.1. The number of nitrogens with one attached hydrogen (secondary N) is 5. The van der Waals surface area contributed by atoms with E-state index in [9.17, 15) is 19.2 Å². The number of benzene rings is 2. The van der Waals surface area contributed by atoms with Gasteiger partial charge in [-0.2, -0.15) is 0 Å². The molecule has 0 aliphatic carbocycles. The van der Waals surface area contributed by atoms with Crippen molar-refractivity contribution in [3.63, 3.8) is 0 Å². The summed E-state index contributed by atoms with van der Waals surface area (Å²) in [6.07, 6.45) is 0.809. The summed E-state index contributed by atoms with van der Waals surface area (Å²) in [6.45, 7) is 0.272.